The number of methoxy groups -OCH3 is 1. The monoisotopic (exact) mass is 782 g/mol. The topological polar surface area (TPSA) is 129 Å². The van der Waals surface area contributed by atoms with Gasteiger partial charge in [-0.3, -0.25) is 9.59 Å². The maximum atomic E-state index is 13.6. The van der Waals surface area contributed by atoms with Crippen molar-refractivity contribution >= 4 is 52.7 Å². The average Bonchev–Trinajstić information content (AvgIpc) is 3.91. The van der Waals surface area contributed by atoms with E-state index in [2.05, 4.69) is 61.1 Å². The van der Waals surface area contributed by atoms with Crippen molar-refractivity contribution in [1.29, 1.82) is 0 Å². The van der Waals surface area contributed by atoms with Crippen LogP contribution in [0.25, 0.3) is 28.4 Å². The number of ether oxygens (including phenoxy) is 2. The summed E-state index contributed by atoms with van der Waals surface area (Å²) < 4.78 is 11.0. The van der Waals surface area contributed by atoms with Gasteiger partial charge >= 0.3 is 35.0 Å². The molecule has 0 amide bonds. The van der Waals surface area contributed by atoms with Gasteiger partial charge in [0.15, 0.2) is 0 Å². The zero-order valence-corrected chi connectivity index (χ0v) is 36.8. The van der Waals surface area contributed by atoms with Crippen molar-refractivity contribution in [2.24, 2.45) is 23.7 Å². The minimum Gasteiger partial charge on any atom is -0.661 e. The van der Waals surface area contributed by atoms with E-state index in [1.165, 1.54) is 31.9 Å². The van der Waals surface area contributed by atoms with Gasteiger partial charge in [0.05, 0.1) is 13.2 Å². The molecule has 3 aliphatic heterocycles. The van der Waals surface area contributed by atoms with Gasteiger partial charge in [0.25, 0.3) is 0 Å². The molecule has 8 bridgehead atoms. The second-order valence-corrected chi connectivity index (χ2v) is 16.0. The second kappa shape index (κ2) is 18.7. The largest absolute Gasteiger partial charge is 2.00 e. The van der Waals surface area contributed by atoms with Crippen molar-refractivity contribution in [3.63, 3.8) is 0 Å². The molecule has 6 rings (SSSR count). The Morgan fingerprint density at radius 3 is 2.44 bits per heavy atom. The van der Waals surface area contributed by atoms with Gasteiger partial charge in [0.2, 0.25) is 0 Å². The van der Waals surface area contributed by atoms with Crippen molar-refractivity contribution in [2.75, 3.05) is 13.7 Å². The molecule has 1 N–H and O–H groups in total. The van der Waals surface area contributed by atoms with Crippen molar-refractivity contribution in [3.05, 3.63) is 119 Å². The number of esters is 2. The van der Waals surface area contributed by atoms with Crippen LogP contribution in [0.2, 0.25) is 0 Å². The number of allylic oxidation sites excluding steroid dienone is 5. The Morgan fingerprint density at radius 1 is 1.00 bits per heavy atom. The van der Waals surface area contributed by atoms with Crippen molar-refractivity contribution in [3.8, 4) is 0 Å². The first-order valence-electron chi connectivity index (χ1n) is 20.4. The summed E-state index contributed by atoms with van der Waals surface area (Å²) in [5.74, 6) is -1.51. The van der Waals surface area contributed by atoms with Crippen LogP contribution in [0, 0.1) is 37.5 Å². The van der Waals surface area contributed by atoms with Gasteiger partial charge in [0.1, 0.15) is 12.5 Å². The van der Waals surface area contributed by atoms with Crippen LogP contribution in [0.3, 0.4) is 0 Å². The number of rotatable bonds is 14. The smallest absolute Gasteiger partial charge is 0.661 e. The molecule has 0 fully saturated rings. The molecular formula is C47H58MgN4O5-2. The Labute approximate surface area is 354 Å². The number of nitrogens with zero attached hydrogens (tertiary/aromatic N) is 4. The van der Waals surface area contributed by atoms with E-state index < -0.39 is 18.0 Å². The summed E-state index contributed by atoms with van der Waals surface area (Å²) in [5.41, 5.74) is 11.8. The van der Waals surface area contributed by atoms with Crippen LogP contribution in [0.4, 0.5) is 0 Å². The molecule has 57 heavy (non-hydrogen) atoms. The van der Waals surface area contributed by atoms with Gasteiger partial charge < -0.3 is 35.2 Å². The Bertz CT molecular complexity index is 2190. The third kappa shape index (κ3) is 8.74. The Hall–Kier alpha value is -3.99. The number of carbonyl (C=O) groups excluding carboxylic acids is 2. The van der Waals surface area contributed by atoms with Crippen LogP contribution in [0.5, 0.6) is 0 Å². The van der Waals surface area contributed by atoms with E-state index in [4.69, 9.17) is 30.1 Å². The molecule has 0 saturated carbocycles. The van der Waals surface area contributed by atoms with E-state index in [1.54, 1.807) is 0 Å². The molecule has 4 aliphatic rings. The fourth-order valence-electron chi connectivity index (χ4n) is 8.84. The molecule has 2 aromatic heterocycles. The molecular weight excluding hydrogens is 725 g/mol. The van der Waals surface area contributed by atoms with Crippen molar-refractivity contribution < 1.29 is 24.2 Å². The van der Waals surface area contributed by atoms with Crippen molar-refractivity contribution in [1.82, 2.24) is 9.97 Å². The quantitative estimate of drug-likeness (QED) is 0.117. The van der Waals surface area contributed by atoms with Crippen molar-refractivity contribution in [2.45, 2.75) is 113 Å². The third-order valence-electron chi connectivity index (χ3n) is 12.3. The molecule has 1 aliphatic carbocycles. The van der Waals surface area contributed by atoms with E-state index in [0.29, 0.717) is 34.0 Å². The Balaban J connectivity index is 0.00000620. The van der Waals surface area contributed by atoms with Gasteiger partial charge in [-0.1, -0.05) is 110 Å². The minimum atomic E-state index is -1.19. The van der Waals surface area contributed by atoms with Crippen LogP contribution in [-0.4, -0.2) is 53.8 Å². The van der Waals surface area contributed by atoms with Crippen LogP contribution in [0.1, 0.15) is 126 Å². The van der Waals surface area contributed by atoms with Gasteiger partial charge in [-0.05, 0) is 76.9 Å². The van der Waals surface area contributed by atoms with Crippen LogP contribution < -0.4 is 20.7 Å². The fourth-order valence-corrected chi connectivity index (χ4v) is 8.84. The van der Waals surface area contributed by atoms with E-state index in [1.807, 2.05) is 31.2 Å². The van der Waals surface area contributed by atoms with Gasteiger partial charge in [-0.2, -0.15) is 5.70 Å². The molecule has 2 aromatic rings. The molecule has 0 unspecified atom stereocenters. The first-order valence-corrected chi connectivity index (χ1v) is 20.4. The normalized spacial score (nSPS) is 24.1. The molecule has 0 aromatic carbocycles. The van der Waals surface area contributed by atoms with Gasteiger partial charge in [-0.15, -0.1) is 45.8 Å². The second-order valence-electron chi connectivity index (χ2n) is 16.0. The number of aliphatic hydroxyl groups excluding tert-OH is 1. The molecule has 0 spiro atoms. The summed E-state index contributed by atoms with van der Waals surface area (Å²) in [6, 6.07) is 0. The maximum absolute atomic E-state index is 13.6. The summed E-state index contributed by atoms with van der Waals surface area (Å²) in [6.45, 7) is 21.3. The molecule has 5 heterocycles. The summed E-state index contributed by atoms with van der Waals surface area (Å²) in [6.07, 6.45) is 15.8. The molecule has 10 heteroatoms. The predicted octanol–water partition coefficient (Wildman–Crippen LogP) is 8.07. The number of hydrogen-bond acceptors (Lipinski definition) is 5. The molecule has 5 atom stereocenters. The number of hydrogen-bond donors (Lipinski definition) is 1. The molecule has 0 saturated heterocycles. The summed E-state index contributed by atoms with van der Waals surface area (Å²) in [7, 11) is 1.33. The van der Waals surface area contributed by atoms with E-state index >= 15 is 0 Å². The zero-order valence-electron chi connectivity index (χ0n) is 35.4. The summed E-state index contributed by atoms with van der Waals surface area (Å²) in [5, 5.41) is 23.4. The standard InChI is InChI=1S/C47H58N4O5.Mg/c1-11-15-25(4)16-14-17-26(5)20-21-56-40(52)19-18-33-29(8)36-22-34-27(6)31(12-2)38(48-34)23-35-28(7)32(13-3)39(49-35)24-37-30(9)41-45(51-37)42(44(33)50-36)43(46(41)53)47(54)55-10;/h12,20,22-25,29,31,43,46,53H,2,11,13-19,21H2,1,3-10H3;/q-4;+2/b26-20-,36-22-,37-24-,38-23-;/t25-,29-,31+,43+,46+;/m0./s1. The third-order valence-corrected chi connectivity index (χ3v) is 12.3. The van der Waals surface area contributed by atoms with Gasteiger partial charge in [-0.25, -0.2) is 0 Å². The summed E-state index contributed by atoms with van der Waals surface area (Å²) >= 11 is 0. The predicted molar refractivity (Wildman–Crippen MR) is 228 cm³/mol. The average molecular weight is 783 g/mol. The molecule has 0 radical (unpaired) electrons. The van der Waals surface area contributed by atoms with Crippen LogP contribution in [0.15, 0.2) is 64.3 Å². The van der Waals surface area contributed by atoms with E-state index in [9.17, 15) is 14.7 Å². The number of fused-ring (bicyclic) bond motifs is 8. The van der Waals surface area contributed by atoms with Crippen LogP contribution in [-0.2, 0) is 25.5 Å². The van der Waals surface area contributed by atoms with E-state index in [0.717, 1.165) is 81.5 Å². The summed E-state index contributed by atoms with van der Waals surface area (Å²) in [4.78, 5) is 37.0. The zero-order chi connectivity index (χ0) is 40.4. The Kier molecular flexibility index (Phi) is 14.5. The maximum Gasteiger partial charge on any atom is 2.00 e. The molecule has 9 nitrogen and oxygen atoms in total. The van der Waals surface area contributed by atoms with Crippen LogP contribution >= 0.6 is 0 Å². The van der Waals surface area contributed by atoms with E-state index in [-0.39, 0.29) is 53.9 Å². The first kappa shape index (κ1) is 44.1. The minimum absolute atomic E-state index is 0. The SMILES string of the molecule is C=C[C@@H]1C(C)=C2/C=C3\[N-]C(=C(CCC(=O)OC/C=C(/C)CCC[C@@H](C)CCC)[C@@H]3C)C3=c4[n-]/c(c(C)c4[C@@H](O)[C@@H]3C(=O)OC)=C\c3[n-]c(c(C)c3CC)/C=C/1[N-]2.[Mg+2]. The fraction of sp³-hybridized carbons (Fsp3) is 0.489. The molecule has 300 valence electrons. The number of aromatic nitrogens is 2. The van der Waals surface area contributed by atoms with Gasteiger partial charge in [0, 0.05) is 12.3 Å². The first-order chi connectivity index (χ1) is 26.8. The number of aliphatic hydroxyl groups is 1. The number of carbonyl (C=O) groups is 2. The Morgan fingerprint density at radius 2 is 1.75 bits per heavy atom.